The van der Waals surface area contributed by atoms with Crippen molar-refractivity contribution in [1.82, 2.24) is 0 Å². The van der Waals surface area contributed by atoms with Crippen LogP contribution in [0.4, 0.5) is 0 Å². The lowest BCUT2D eigenvalue weighted by Gasteiger charge is -2.15. The molecule has 1 unspecified atom stereocenters. The fourth-order valence-corrected chi connectivity index (χ4v) is 2.31. The zero-order valence-corrected chi connectivity index (χ0v) is 11.9. The first-order valence-corrected chi connectivity index (χ1v) is 6.53. The number of rotatable bonds is 6. The van der Waals surface area contributed by atoms with Crippen LogP contribution in [0.25, 0.3) is 0 Å². The van der Waals surface area contributed by atoms with Crippen molar-refractivity contribution in [3.8, 4) is 5.75 Å². The second-order valence-corrected chi connectivity index (χ2v) is 4.60. The Morgan fingerprint density at radius 1 is 1.44 bits per heavy atom. The molecule has 0 heterocycles. The smallest absolute Gasteiger partial charge is 0.305 e. The average molecular weight is 291 g/mol. The molecule has 0 aliphatic carbocycles. The lowest BCUT2D eigenvalue weighted by molar-refractivity contribution is -0.143. The summed E-state index contributed by atoms with van der Waals surface area (Å²) in [5.74, 6) is 0.375. The molecule has 0 saturated carbocycles. The highest BCUT2D eigenvalue weighted by atomic mass is 35.5. The van der Waals surface area contributed by atoms with E-state index in [-0.39, 0.29) is 17.8 Å². The van der Waals surface area contributed by atoms with Crippen LogP contribution in [0, 0.1) is 0 Å². The minimum absolute atomic E-state index is 0.255. The summed E-state index contributed by atoms with van der Waals surface area (Å²) in [6, 6.07) is 5.33. The number of ether oxygens (including phenoxy) is 2. The fourth-order valence-electron chi connectivity index (χ4n) is 1.62. The van der Waals surface area contributed by atoms with Gasteiger partial charge in [0.2, 0.25) is 0 Å². The van der Waals surface area contributed by atoms with E-state index in [1.54, 1.807) is 32.2 Å². The molecule has 0 saturated heterocycles. The maximum Gasteiger partial charge on any atom is 0.305 e. The van der Waals surface area contributed by atoms with E-state index in [2.05, 4.69) is 0 Å². The molecule has 18 heavy (non-hydrogen) atoms. The largest absolute Gasteiger partial charge is 0.496 e. The first-order chi connectivity index (χ1) is 8.60. The van der Waals surface area contributed by atoms with Crippen LogP contribution in [0.3, 0.4) is 0 Å². The molecule has 5 heteroatoms. The molecule has 0 spiro atoms. The van der Waals surface area contributed by atoms with Crippen LogP contribution in [-0.4, -0.2) is 19.7 Å². The number of hydrogen-bond acceptors (Lipinski definition) is 3. The molecule has 0 amide bonds. The second kappa shape index (κ2) is 7.49. The minimum atomic E-state index is -0.377. The van der Waals surface area contributed by atoms with E-state index in [4.69, 9.17) is 32.7 Å². The van der Waals surface area contributed by atoms with Gasteiger partial charge in [-0.15, -0.1) is 11.6 Å². The maximum atomic E-state index is 11.3. The van der Waals surface area contributed by atoms with Gasteiger partial charge in [0.05, 0.1) is 19.1 Å². The highest BCUT2D eigenvalue weighted by Crippen LogP contribution is 2.38. The first-order valence-electron chi connectivity index (χ1n) is 5.72. The van der Waals surface area contributed by atoms with Gasteiger partial charge in [0.25, 0.3) is 0 Å². The monoisotopic (exact) mass is 290 g/mol. The Bertz CT molecular complexity index is 407. The molecule has 0 aromatic heterocycles. The predicted molar refractivity (Wildman–Crippen MR) is 72.5 cm³/mol. The summed E-state index contributed by atoms with van der Waals surface area (Å²) in [5, 5.41) is 0.163. The van der Waals surface area contributed by atoms with E-state index < -0.39 is 0 Å². The Kier molecular flexibility index (Phi) is 6.30. The third-order valence-electron chi connectivity index (χ3n) is 2.45. The molecular formula is C13H16Cl2O3. The normalized spacial score (nSPS) is 12.0. The maximum absolute atomic E-state index is 11.3. The van der Waals surface area contributed by atoms with E-state index >= 15 is 0 Å². The van der Waals surface area contributed by atoms with Crippen LogP contribution in [0.5, 0.6) is 5.75 Å². The van der Waals surface area contributed by atoms with Gasteiger partial charge in [0.1, 0.15) is 5.75 Å². The summed E-state index contributed by atoms with van der Waals surface area (Å²) in [6.45, 7) is 2.15. The standard InChI is InChI=1S/C13H16Cl2O3/c1-3-18-12(16)8-7-10(15)13-9(14)5-4-6-11(13)17-2/h4-6,10H,3,7-8H2,1-2H3. The molecule has 0 aliphatic rings. The van der Waals surface area contributed by atoms with Crippen LogP contribution in [0.1, 0.15) is 30.7 Å². The van der Waals surface area contributed by atoms with Gasteiger partial charge in [0, 0.05) is 17.0 Å². The van der Waals surface area contributed by atoms with Crippen molar-refractivity contribution in [3.05, 3.63) is 28.8 Å². The summed E-state index contributed by atoms with van der Waals surface area (Å²) in [4.78, 5) is 11.3. The Labute approximate surface area is 117 Å². The number of benzene rings is 1. The van der Waals surface area contributed by atoms with Crippen LogP contribution in [0.15, 0.2) is 18.2 Å². The van der Waals surface area contributed by atoms with Crippen molar-refractivity contribution in [3.63, 3.8) is 0 Å². The van der Waals surface area contributed by atoms with E-state index in [1.807, 2.05) is 0 Å². The third kappa shape index (κ3) is 4.07. The Morgan fingerprint density at radius 3 is 2.78 bits per heavy atom. The van der Waals surface area contributed by atoms with E-state index in [0.29, 0.717) is 29.4 Å². The Hall–Kier alpha value is -0.930. The summed E-state index contributed by atoms with van der Waals surface area (Å²) in [7, 11) is 1.56. The van der Waals surface area contributed by atoms with Gasteiger partial charge in [-0.1, -0.05) is 17.7 Å². The lowest BCUT2D eigenvalue weighted by Crippen LogP contribution is -2.06. The molecule has 1 atom stereocenters. The average Bonchev–Trinajstić information content (AvgIpc) is 2.36. The molecule has 0 fully saturated rings. The number of carbonyl (C=O) groups is 1. The highest BCUT2D eigenvalue weighted by Gasteiger charge is 2.18. The van der Waals surface area contributed by atoms with Crippen molar-refractivity contribution in [2.45, 2.75) is 25.1 Å². The van der Waals surface area contributed by atoms with Crippen molar-refractivity contribution in [2.24, 2.45) is 0 Å². The molecule has 0 radical (unpaired) electrons. The van der Waals surface area contributed by atoms with Gasteiger partial charge in [-0.2, -0.15) is 0 Å². The van der Waals surface area contributed by atoms with Crippen LogP contribution < -0.4 is 4.74 Å². The Morgan fingerprint density at radius 2 is 2.17 bits per heavy atom. The van der Waals surface area contributed by atoms with E-state index in [1.165, 1.54) is 0 Å². The topological polar surface area (TPSA) is 35.5 Å². The number of methoxy groups -OCH3 is 1. The number of esters is 1. The van der Waals surface area contributed by atoms with Crippen molar-refractivity contribution >= 4 is 29.2 Å². The summed E-state index contributed by atoms with van der Waals surface area (Å²) >= 11 is 12.4. The van der Waals surface area contributed by atoms with Crippen LogP contribution in [0.2, 0.25) is 5.02 Å². The van der Waals surface area contributed by atoms with Crippen molar-refractivity contribution in [1.29, 1.82) is 0 Å². The molecule has 100 valence electrons. The number of alkyl halides is 1. The van der Waals surface area contributed by atoms with Crippen molar-refractivity contribution < 1.29 is 14.3 Å². The minimum Gasteiger partial charge on any atom is -0.496 e. The molecule has 1 aromatic rings. The molecule has 3 nitrogen and oxygen atoms in total. The lowest BCUT2D eigenvalue weighted by atomic mass is 10.1. The molecule has 0 bridgehead atoms. The summed E-state index contributed by atoms with van der Waals surface area (Å²) in [5.41, 5.74) is 0.715. The molecule has 0 aliphatic heterocycles. The van der Waals surface area contributed by atoms with Gasteiger partial charge < -0.3 is 9.47 Å². The van der Waals surface area contributed by atoms with E-state index in [0.717, 1.165) is 0 Å². The van der Waals surface area contributed by atoms with Gasteiger partial charge in [0.15, 0.2) is 0 Å². The van der Waals surface area contributed by atoms with Gasteiger partial charge in [-0.05, 0) is 25.5 Å². The first kappa shape index (κ1) is 15.1. The number of carbonyl (C=O) groups excluding carboxylic acids is 1. The van der Waals surface area contributed by atoms with Crippen molar-refractivity contribution in [2.75, 3.05) is 13.7 Å². The third-order valence-corrected chi connectivity index (χ3v) is 3.22. The fraction of sp³-hybridized carbons (Fsp3) is 0.462. The highest BCUT2D eigenvalue weighted by molar-refractivity contribution is 6.33. The van der Waals surface area contributed by atoms with Gasteiger partial charge >= 0.3 is 5.97 Å². The molecule has 1 aromatic carbocycles. The summed E-state index contributed by atoms with van der Waals surface area (Å²) in [6.07, 6.45) is 0.719. The molecule has 1 rings (SSSR count). The van der Waals surface area contributed by atoms with Crippen LogP contribution in [-0.2, 0) is 9.53 Å². The second-order valence-electron chi connectivity index (χ2n) is 3.67. The van der Waals surface area contributed by atoms with Gasteiger partial charge in [-0.25, -0.2) is 0 Å². The summed E-state index contributed by atoms with van der Waals surface area (Å²) < 4.78 is 10.1. The Balaban J connectivity index is 2.72. The number of halogens is 2. The molecular weight excluding hydrogens is 275 g/mol. The zero-order chi connectivity index (χ0) is 13.5. The SMILES string of the molecule is CCOC(=O)CCC(Cl)c1c(Cl)cccc1OC. The number of hydrogen-bond donors (Lipinski definition) is 0. The van der Waals surface area contributed by atoms with E-state index in [9.17, 15) is 4.79 Å². The zero-order valence-electron chi connectivity index (χ0n) is 10.4. The molecule has 0 N–H and O–H groups in total. The predicted octanol–water partition coefficient (Wildman–Crippen LogP) is 3.97. The van der Waals surface area contributed by atoms with Crippen LogP contribution >= 0.6 is 23.2 Å². The van der Waals surface area contributed by atoms with Gasteiger partial charge in [-0.3, -0.25) is 4.79 Å². The quantitative estimate of drug-likeness (QED) is 0.587.